The van der Waals surface area contributed by atoms with Crippen LogP contribution in [-0.4, -0.2) is 16.0 Å². The number of ketones is 1. The molecule has 1 fully saturated rings. The summed E-state index contributed by atoms with van der Waals surface area (Å²) in [6, 6.07) is 16.1. The lowest BCUT2D eigenvalue weighted by Crippen LogP contribution is -2.32. The summed E-state index contributed by atoms with van der Waals surface area (Å²) in [6.07, 6.45) is 0.353. The van der Waals surface area contributed by atoms with Crippen LogP contribution in [0.3, 0.4) is 0 Å². The second-order valence-corrected chi connectivity index (χ2v) is 7.23. The lowest BCUT2D eigenvalue weighted by molar-refractivity contribution is -0.118. The zero-order chi connectivity index (χ0) is 16.7. The van der Waals surface area contributed by atoms with Crippen LogP contribution in [0.25, 0.3) is 0 Å². The van der Waals surface area contributed by atoms with Crippen molar-refractivity contribution in [3.8, 4) is 0 Å². The molecule has 2 aromatic rings. The van der Waals surface area contributed by atoms with Gasteiger partial charge in [0.2, 0.25) is 5.91 Å². The maximum Gasteiger partial charge on any atom is 0.238 e. The Morgan fingerprint density at radius 3 is 2.26 bits per heavy atom. The summed E-state index contributed by atoms with van der Waals surface area (Å²) in [4.78, 5) is 24.3. The van der Waals surface area contributed by atoms with E-state index in [1.807, 2.05) is 30.3 Å². The molecule has 0 aliphatic heterocycles. The van der Waals surface area contributed by atoms with E-state index in [-0.39, 0.29) is 11.7 Å². The van der Waals surface area contributed by atoms with Crippen LogP contribution in [0.4, 0.5) is 5.69 Å². The van der Waals surface area contributed by atoms with E-state index >= 15 is 0 Å². The number of amides is 1. The first-order valence-electron chi connectivity index (χ1n) is 7.23. The molecular formula is C18H15Cl2NO2. The van der Waals surface area contributed by atoms with Gasteiger partial charge in [-0.1, -0.05) is 42.5 Å². The van der Waals surface area contributed by atoms with Crippen molar-refractivity contribution in [3.63, 3.8) is 0 Å². The van der Waals surface area contributed by atoms with Gasteiger partial charge in [0.05, 0.1) is 0 Å². The Morgan fingerprint density at radius 2 is 1.70 bits per heavy atom. The van der Waals surface area contributed by atoms with Crippen molar-refractivity contribution in [2.24, 2.45) is 0 Å². The highest BCUT2D eigenvalue weighted by Crippen LogP contribution is 2.65. The Balaban J connectivity index is 1.90. The minimum Gasteiger partial charge on any atom is -0.325 e. The zero-order valence-corrected chi connectivity index (χ0v) is 14.0. The standard InChI is InChI=1S/C18H15Cl2NO2/c1-12(22)13-6-5-9-15(10-13)21-16(23)17(11-18(17,19)20)14-7-3-2-4-8-14/h2-10H,11H2,1H3,(H,21,23)/t17-/m1/s1. The topological polar surface area (TPSA) is 46.2 Å². The van der Waals surface area contributed by atoms with Crippen molar-refractivity contribution in [3.05, 3.63) is 65.7 Å². The molecule has 1 atom stereocenters. The third-order valence-corrected chi connectivity index (χ3v) is 5.08. The molecule has 2 aromatic carbocycles. The molecular weight excluding hydrogens is 333 g/mol. The molecule has 3 rings (SSSR count). The predicted octanol–water partition coefficient (Wildman–Crippen LogP) is 4.34. The summed E-state index contributed by atoms with van der Waals surface area (Å²) in [6.45, 7) is 1.48. The largest absolute Gasteiger partial charge is 0.325 e. The van der Waals surface area contributed by atoms with Gasteiger partial charge in [0.15, 0.2) is 5.78 Å². The van der Waals surface area contributed by atoms with Crippen molar-refractivity contribution < 1.29 is 9.59 Å². The number of anilines is 1. The van der Waals surface area contributed by atoms with Gasteiger partial charge < -0.3 is 5.32 Å². The maximum absolute atomic E-state index is 12.8. The van der Waals surface area contributed by atoms with Gasteiger partial charge in [-0.05, 0) is 24.6 Å². The summed E-state index contributed by atoms with van der Waals surface area (Å²) >= 11 is 12.6. The number of hydrogen-bond donors (Lipinski definition) is 1. The second kappa shape index (κ2) is 5.66. The Labute approximate surface area is 144 Å². The summed E-state index contributed by atoms with van der Waals surface area (Å²) in [5, 5.41) is 2.83. The Bertz CT molecular complexity index is 774. The highest BCUT2D eigenvalue weighted by molar-refractivity contribution is 6.54. The van der Waals surface area contributed by atoms with E-state index < -0.39 is 9.75 Å². The molecule has 1 aliphatic rings. The van der Waals surface area contributed by atoms with Gasteiger partial charge in [-0.3, -0.25) is 9.59 Å². The molecule has 5 heteroatoms. The minimum absolute atomic E-state index is 0.0608. The van der Waals surface area contributed by atoms with Crippen LogP contribution in [0.5, 0.6) is 0 Å². The van der Waals surface area contributed by atoms with Gasteiger partial charge in [-0.15, -0.1) is 23.2 Å². The SMILES string of the molecule is CC(=O)c1cccc(NC(=O)[C@]2(c3ccccc3)CC2(Cl)Cl)c1. The van der Waals surface area contributed by atoms with E-state index in [1.54, 1.807) is 24.3 Å². The summed E-state index contributed by atoms with van der Waals surface area (Å²) < 4.78 is -1.13. The van der Waals surface area contributed by atoms with E-state index in [0.717, 1.165) is 5.56 Å². The van der Waals surface area contributed by atoms with Gasteiger partial charge in [0, 0.05) is 17.7 Å². The molecule has 0 saturated heterocycles. The predicted molar refractivity (Wildman–Crippen MR) is 92.3 cm³/mol. The van der Waals surface area contributed by atoms with E-state index in [4.69, 9.17) is 23.2 Å². The first kappa shape index (κ1) is 16.0. The molecule has 0 bridgehead atoms. The average molecular weight is 348 g/mol. The molecule has 1 N–H and O–H groups in total. The first-order chi connectivity index (χ1) is 10.9. The molecule has 1 amide bonds. The quantitative estimate of drug-likeness (QED) is 0.660. The van der Waals surface area contributed by atoms with Crippen LogP contribution < -0.4 is 5.32 Å². The number of halogens is 2. The van der Waals surface area contributed by atoms with E-state index in [2.05, 4.69) is 5.32 Å². The molecule has 1 saturated carbocycles. The molecule has 0 unspecified atom stereocenters. The van der Waals surface area contributed by atoms with Crippen molar-refractivity contribution in [1.82, 2.24) is 0 Å². The van der Waals surface area contributed by atoms with Gasteiger partial charge >= 0.3 is 0 Å². The van der Waals surface area contributed by atoms with Gasteiger partial charge in [-0.2, -0.15) is 0 Å². The van der Waals surface area contributed by atoms with Crippen molar-refractivity contribution in [2.75, 3.05) is 5.32 Å². The second-order valence-electron chi connectivity index (χ2n) is 5.74. The first-order valence-corrected chi connectivity index (χ1v) is 7.98. The van der Waals surface area contributed by atoms with E-state index in [9.17, 15) is 9.59 Å². The van der Waals surface area contributed by atoms with Crippen LogP contribution in [0, 0.1) is 0 Å². The number of Topliss-reactive ketones (excluding diaryl/α,β-unsaturated/α-hetero) is 1. The third kappa shape index (κ3) is 2.75. The zero-order valence-electron chi connectivity index (χ0n) is 12.5. The monoisotopic (exact) mass is 347 g/mol. The average Bonchev–Trinajstić information content (AvgIpc) is 3.12. The summed E-state index contributed by atoms with van der Waals surface area (Å²) in [7, 11) is 0. The molecule has 0 spiro atoms. The number of carbonyl (C=O) groups is 2. The molecule has 3 nitrogen and oxygen atoms in total. The van der Waals surface area contributed by atoms with Crippen LogP contribution in [0.2, 0.25) is 0 Å². The highest BCUT2D eigenvalue weighted by atomic mass is 35.5. The highest BCUT2D eigenvalue weighted by Gasteiger charge is 2.72. The summed E-state index contributed by atoms with van der Waals surface area (Å²) in [5.41, 5.74) is 0.901. The fraction of sp³-hybridized carbons (Fsp3) is 0.222. The third-order valence-electron chi connectivity index (χ3n) is 4.17. The number of carbonyl (C=O) groups excluding carboxylic acids is 2. The fourth-order valence-corrected chi connectivity index (χ4v) is 3.55. The Kier molecular flexibility index (Phi) is 3.95. The Hall–Kier alpha value is -1.84. The number of nitrogens with one attached hydrogen (secondary N) is 1. The lowest BCUT2D eigenvalue weighted by atomic mass is 9.94. The number of benzene rings is 2. The molecule has 0 aromatic heterocycles. The Morgan fingerprint density at radius 1 is 1.04 bits per heavy atom. The minimum atomic E-state index is -1.13. The molecule has 0 radical (unpaired) electrons. The normalized spacial score (nSPS) is 21.5. The van der Waals surface area contributed by atoms with Gasteiger partial charge in [-0.25, -0.2) is 0 Å². The van der Waals surface area contributed by atoms with Crippen LogP contribution in [0.1, 0.15) is 29.3 Å². The maximum atomic E-state index is 12.8. The van der Waals surface area contributed by atoms with Crippen LogP contribution >= 0.6 is 23.2 Å². The van der Waals surface area contributed by atoms with E-state index in [1.165, 1.54) is 6.92 Å². The summed E-state index contributed by atoms with van der Waals surface area (Å²) in [5.74, 6) is -0.330. The van der Waals surface area contributed by atoms with Crippen molar-refractivity contribution in [1.29, 1.82) is 0 Å². The van der Waals surface area contributed by atoms with Crippen molar-refractivity contribution in [2.45, 2.75) is 23.1 Å². The van der Waals surface area contributed by atoms with Gasteiger partial charge in [0.1, 0.15) is 9.75 Å². The van der Waals surface area contributed by atoms with Gasteiger partial charge in [0.25, 0.3) is 0 Å². The number of alkyl halides is 2. The fourth-order valence-electron chi connectivity index (χ4n) is 2.76. The van der Waals surface area contributed by atoms with Crippen molar-refractivity contribution >= 4 is 40.6 Å². The smallest absolute Gasteiger partial charge is 0.238 e. The molecule has 1 aliphatic carbocycles. The van der Waals surface area contributed by atoms with Crippen LogP contribution in [-0.2, 0) is 10.2 Å². The molecule has 118 valence electrons. The number of hydrogen-bond acceptors (Lipinski definition) is 2. The molecule has 0 heterocycles. The molecule has 23 heavy (non-hydrogen) atoms. The van der Waals surface area contributed by atoms with Crippen LogP contribution in [0.15, 0.2) is 54.6 Å². The number of rotatable bonds is 4. The lowest BCUT2D eigenvalue weighted by Gasteiger charge is -2.18. The van der Waals surface area contributed by atoms with E-state index in [0.29, 0.717) is 17.7 Å².